The third-order valence-corrected chi connectivity index (χ3v) is 4.65. The molecular formula is C21H18FN5O5. The zero-order chi connectivity index (χ0) is 22.8. The van der Waals surface area contributed by atoms with Gasteiger partial charge in [0.15, 0.2) is 28.8 Å². The van der Waals surface area contributed by atoms with Gasteiger partial charge < -0.3 is 19.6 Å². The van der Waals surface area contributed by atoms with Crippen molar-refractivity contribution in [3.63, 3.8) is 0 Å². The van der Waals surface area contributed by atoms with Crippen LogP contribution in [0.4, 0.5) is 4.39 Å². The minimum absolute atomic E-state index is 0.0951. The van der Waals surface area contributed by atoms with Crippen molar-refractivity contribution in [2.24, 2.45) is 0 Å². The summed E-state index contributed by atoms with van der Waals surface area (Å²) in [6.45, 7) is 3.48. The van der Waals surface area contributed by atoms with E-state index in [0.29, 0.717) is 29.0 Å². The lowest BCUT2D eigenvalue weighted by Gasteiger charge is -2.14. The molecule has 32 heavy (non-hydrogen) atoms. The molecule has 0 saturated heterocycles. The fraction of sp³-hybridized carbons (Fsp3) is 0.190. The number of carbonyl (C=O) groups is 1. The second-order valence-electron chi connectivity index (χ2n) is 6.81. The van der Waals surface area contributed by atoms with Crippen molar-refractivity contribution in [2.75, 3.05) is 6.61 Å². The third kappa shape index (κ3) is 4.00. The lowest BCUT2D eigenvalue weighted by Crippen LogP contribution is -2.23. The lowest BCUT2D eigenvalue weighted by atomic mass is 10.0. The van der Waals surface area contributed by atoms with E-state index < -0.39 is 23.4 Å². The van der Waals surface area contributed by atoms with Crippen LogP contribution in [0.5, 0.6) is 11.5 Å². The molecular weight excluding hydrogens is 421 g/mol. The maximum absolute atomic E-state index is 14.1. The minimum Gasteiger partial charge on any atom is -0.493 e. The number of carboxylic acid groups (broad SMARTS) is 1. The molecule has 0 radical (unpaired) electrons. The van der Waals surface area contributed by atoms with Gasteiger partial charge in [-0.3, -0.25) is 4.79 Å². The van der Waals surface area contributed by atoms with Gasteiger partial charge in [0.2, 0.25) is 0 Å². The van der Waals surface area contributed by atoms with Gasteiger partial charge in [-0.05, 0) is 49.2 Å². The molecule has 0 amide bonds. The zero-order valence-electron chi connectivity index (χ0n) is 17.0. The van der Waals surface area contributed by atoms with Gasteiger partial charge in [-0.15, -0.1) is 5.10 Å². The van der Waals surface area contributed by atoms with E-state index in [1.807, 2.05) is 6.92 Å². The molecule has 3 N–H and O–H groups in total. The van der Waals surface area contributed by atoms with E-state index >= 15 is 0 Å². The van der Waals surface area contributed by atoms with E-state index in [1.54, 1.807) is 24.3 Å². The molecule has 0 saturated carbocycles. The summed E-state index contributed by atoms with van der Waals surface area (Å²) in [7, 11) is 0. The van der Waals surface area contributed by atoms with Crippen molar-refractivity contribution in [3.8, 4) is 34.0 Å². The van der Waals surface area contributed by atoms with Gasteiger partial charge in [-0.2, -0.15) is 0 Å². The van der Waals surface area contributed by atoms with E-state index in [9.17, 15) is 14.0 Å². The fourth-order valence-electron chi connectivity index (χ4n) is 3.07. The average molecular weight is 439 g/mol. The number of aromatic amines is 2. The van der Waals surface area contributed by atoms with Crippen molar-refractivity contribution in [1.82, 2.24) is 25.4 Å². The Morgan fingerprint density at radius 3 is 2.62 bits per heavy atom. The Labute approximate surface area is 180 Å². The first-order valence-electron chi connectivity index (χ1n) is 9.65. The predicted molar refractivity (Wildman–Crippen MR) is 112 cm³/mol. The molecule has 2 aromatic carbocycles. The number of fused-ring (bicyclic) bond motifs is 1. The number of nitrogens with one attached hydrogen (secondary N) is 2. The van der Waals surface area contributed by atoms with Gasteiger partial charge in [0.25, 0.3) is 5.56 Å². The van der Waals surface area contributed by atoms with Crippen molar-refractivity contribution >= 4 is 17.1 Å². The molecule has 2 heterocycles. The quantitative estimate of drug-likeness (QED) is 0.399. The van der Waals surface area contributed by atoms with E-state index in [0.717, 1.165) is 0 Å². The Morgan fingerprint density at radius 2 is 1.91 bits per heavy atom. The predicted octanol–water partition coefficient (Wildman–Crippen LogP) is 2.76. The Hall–Kier alpha value is -4.28. The highest BCUT2D eigenvalue weighted by Crippen LogP contribution is 2.34. The number of halogens is 1. The molecule has 2 aromatic heterocycles. The summed E-state index contributed by atoms with van der Waals surface area (Å²) in [4.78, 5) is 30.3. The number of rotatable bonds is 7. The first-order valence-corrected chi connectivity index (χ1v) is 9.65. The first-order chi connectivity index (χ1) is 15.4. The van der Waals surface area contributed by atoms with E-state index in [1.165, 1.54) is 19.1 Å². The highest BCUT2D eigenvalue weighted by molar-refractivity contribution is 5.77. The molecule has 1 atom stereocenters. The van der Waals surface area contributed by atoms with Gasteiger partial charge in [0.1, 0.15) is 11.6 Å². The molecule has 0 aliphatic rings. The molecule has 0 spiro atoms. The molecule has 0 unspecified atom stereocenters. The summed E-state index contributed by atoms with van der Waals surface area (Å²) in [5, 5.41) is 18.9. The standard InChI is InChI=1S/C21H18FN5O5/c1-3-31-15-8-11(12-5-7-14(22)16(9-12)32-10(2)21(29)30)4-6-13(15)18-23-19-17(20(28)24-18)25-27-26-19/h4-10H,3H2,1-2H3,(H,29,30)(H2,23,24,25,26,27,28)/t10-/m0/s1. The maximum atomic E-state index is 14.1. The highest BCUT2D eigenvalue weighted by Gasteiger charge is 2.17. The Balaban J connectivity index is 1.76. The van der Waals surface area contributed by atoms with Crippen molar-refractivity contribution in [3.05, 3.63) is 52.6 Å². The van der Waals surface area contributed by atoms with Crippen LogP contribution in [-0.2, 0) is 4.79 Å². The van der Waals surface area contributed by atoms with E-state index in [4.69, 9.17) is 14.6 Å². The molecule has 10 nitrogen and oxygen atoms in total. The summed E-state index contributed by atoms with van der Waals surface area (Å²) in [5.74, 6) is -1.36. The smallest absolute Gasteiger partial charge is 0.344 e. The van der Waals surface area contributed by atoms with E-state index in [2.05, 4.69) is 25.4 Å². The molecule has 0 aliphatic carbocycles. The number of aromatic nitrogens is 5. The number of carboxylic acids is 1. The Morgan fingerprint density at radius 1 is 1.19 bits per heavy atom. The Kier molecular flexibility index (Phi) is 5.54. The Bertz CT molecular complexity index is 1370. The monoisotopic (exact) mass is 439 g/mol. The lowest BCUT2D eigenvalue weighted by molar-refractivity contribution is -0.144. The zero-order valence-corrected chi connectivity index (χ0v) is 17.0. The van der Waals surface area contributed by atoms with Gasteiger partial charge in [0, 0.05) is 0 Å². The number of H-pyrrole nitrogens is 2. The largest absolute Gasteiger partial charge is 0.493 e. The van der Waals surface area contributed by atoms with Crippen LogP contribution in [0.25, 0.3) is 33.7 Å². The average Bonchev–Trinajstić information content (AvgIpc) is 3.25. The van der Waals surface area contributed by atoms with Crippen LogP contribution in [0.2, 0.25) is 0 Å². The van der Waals surface area contributed by atoms with Crippen molar-refractivity contribution in [2.45, 2.75) is 20.0 Å². The van der Waals surface area contributed by atoms with Crippen LogP contribution < -0.4 is 15.0 Å². The SMILES string of the molecule is CCOc1cc(-c2ccc(F)c(O[C@@H](C)C(=O)O)c2)ccc1-c1nc2[nH]nnc2c(=O)[nH]1. The fourth-order valence-corrected chi connectivity index (χ4v) is 3.07. The van der Waals surface area contributed by atoms with Crippen molar-refractivity contribution < 1.29 is 23.8 Å². The summed E-state index contributed by atoms with van der Waals surface area (Å²) in [6.07, 6.45) is -1.21. The molecule has 0 fully saturated rings. The van der Waals surface area contributed by atoms with Gasteiger partial charge in [0.05, 0.1) is 12.2 Å². The number of nitrogens with zero attached hydrogens (tertiary/aromatic N) is 3. The van der Waals surface area contributed by atoms with Crippen LogP contribution in [0.3, 0.4) is 0 Å². The van der Waals surface area contributed by atoms with Crippen LogP contribution in [0.15, 0.2) is 41.2 Å². The summed E-state index contributed by atoms with van der Waals surface area (Å²) in [6, 6.07) is 9.32. The molecule has 4 rings (SSSR count). The molecule has 0 aliphatic heterocycles. The third-order valence-electron chi connectivity index (χ3n) is 4.65. The van der Waals surface area contributed by atoms with Crippen LogP contribution >= 0.6 is 0 Å². The van der Waals surface area contributed by atoms with Crippen LogP contribution in [0.1, 0.15) is 13.8 Å². The second kappa shape index (κ2) is 8.46. The molecule has 164 valence electrons. The second-order valence-corrected chi connectivity index (χ2v) is 6.81. The van der Waals surface area contributed by atoms with Crippen LogP contribution in [0, 0.1) is 5.82 Å². The number of ether oxygens (including phenoxy) is 2. The summed E-state index contributed by atoms with van der Waals surface area (Å²) < 4.78 is 25.1. The summed E-state index contributed by atoms with van der Waals surface area (Å²) in [5.41, 5.74) is 1.67. The molecule has 11 heteroatoms. The number of hydrogen-bond donors (Lipinski definition) is 3. The number of benzene rings is 2. The number of hydrogen-bond acceptors (Lipinski definition) is 7. The topological polar surface area (TPSA) is 143 Å². The van der Waals surface area contributed by atoms with Gasteiger partial charge >= 0.3 is 5.97 Å². The molecule has 4 aromatic rings. The normalized spacial score (nSPS) is 12.0. The first kappa shape index (κ1) is 21.0. The van der Waals surface area contributed by atoms with E-state index in [-0.39, 0.29) is 22.7 Å². The summed E-state index contributed by atoms with van der Waals surface area (Å²) >= 11 is 0. The molecule has 0 bridgehead atoms. The van der Waals surface area contributed by atoms with Crippen LogP contribution in [-0.4, -0.2) is 49.2 Å². The van der Waals surface area contributed by atoms with Gasteiger partial charge in [-0.1, -0.05) is 17.3 Å². The minimum atomic E-state index is -1.21. The highest BCUT2D eigenvalue weighted by atomic mass is 19.1. The maximum Gasteiger partial charge on any atom is 0.344 e. The number of aliphatic carboxylic acids is 1. The van der Waals surface area contributed by atoms with Crippen molar-refractivity contribution in [1.29, 1.82) is 0 Å². The van der Waals surface area contributed by atoms with Gasteiger partial charge in [-0.25, -0.2) is 19.3 Å².